The molecule has 1 aromatic rings. The molecule has 0 amide bonds. The van der Waals surface area contributed by atoms with Crippen LogP contribution in [0.2, 0.25) is 0 Å². The Kier molecular flexibility index (Phi) is 0.990. The standard InChI is InChI=1S/C6H3BrF2/c7-4-1-2-5(8)6(9)3-4/h1-3H/i1D,2D,3D. The van der Waals surface area contributed by atoms with E-state index >= 15 is 0 Å². The van der Waals surface area contributed by atoms with E-state index in [0.717, 1.165) is 0 Å². The highest BCUT2D eigenvalue weighted by Gasteiger charge is 1.98. The first kappa shape index (κ1) is 3.66. The highest BCUT2D eigenvalue weighted by Crippen LogP contribution is 2.13. The molecule has 0 atom stereocenters. The van der Waals surface area contributed by atoms with E-state index in [9.17, 15) is 8.78 Å². The zero-order valence-electron chi connectivity index (χ0n) is 7.13. The molecule has 0 heterocycles. The number of hydrogen-bond acceptors (Lipinski definition) is 0. The molecule has 0 aromatic heterocycles. The van der Waals surface area contributed by atoms with E-state index in [1.807, 2.05) is 0 Å². The zero-order valence-corrected chi connectivity index (χ0v) is 5.72. The lowest BCUT2D eigenvalue weighted by Gasteiger charge is -1.90. The summed E-state index contributed by atoms with van der Waals surface area (Å²) in [6, 6.07) is -2.08. The highest BCUT2D eigenvalue weighted by molar-refractivity contribution is 9.10. The molecule has 0 radical (unpaired) electrons. The topological polar surface area (TPSA) is 0 Å². The van der Waals surface area contributed by atoms with Crippen molar-refractivity contribution in [2.75, 3.05) is 0 Å². The van der Waals surface area contributed by atoms with Gasteiger partial charge in [0, 0.05) is 4.47 Å². The van der Waals surface area contributed by atoms with E-state index in [0.29, 0.717) is 0 Å². The molecule has 0 spiro atoms. The van der Waals surface area contributed by atoms with Crippen LogP contribution in [0.1, 0.15) is 4.11 Å². The fourth-order valence-electron chi connectivity index (χ4n) is 0.347. The summed E-state index contributed by atoms with van der Waals surface area (Å²) < 4.78 is 46.0. The summed E-state index contributed by atoms with van der Waals surface area (Å²) in [5.41, 5.74) is 0. The molecule has 0 saturated heterocycles. The molecule has 0 unspecified atom stereocenters. The molecule has 3 heteroatoms. The maximum absolute atomic E-state index is 12.6. The van der Waals surface area contributed by atoms with E-state index in [1.165, 1.54) is 0 Å². The van der Waals surface area contributed by atoms with E-state index in [-0.39, 0.29) is 4.47 Å². The predicted octanol–water partition coefficient (Wildman–Crippen LogP) is 2.73. The van der Waals surface area contributed by atoms with E-state index < -0.39 is 29.8 Å². The van der Waals surface area contributed by atoms with Gasteiger partial charge >= 0.3 is 0 Å². The van der Waals surface area contributed by atoms with Crippen molar-refractivity contribution in [1.29, 1.82) is 0 Å². The molecule has 0 fully saturated rings. The Morgan fingerprint density at radius 2 is 2.00 bits per heavy atom. The van der Waals surface area contributed by atoms with Gasteiger partial charge in [0.15, 0.2) is 11.6 Å². The lowest BCUT2D eigenvalue weighted by Crippen LogP contribution is -1.80. The van der Waals surface area contributed by atoms with Crippen molar-refractivity contribution in [3.8, 4) is 0 Å². The second-order valence-electron chi connectivity index (χ2n) is 1.32. The fraction of sp³-hybridized carbons (Fsp3) is 0. The van der Waals surface area contributed by atoms with Crippen molar-refractivity contribution < 1.29 is 12.9 Å². The van der Waals surface area contributed by atoms with Gasteiger partial charge in [0.25, 0.3) is 0 Å². The molecule has 0 N–H and O–H groups in total. The predicted molar refractivity (Wildman–Crippen MR) is 34.1 cm³/mol. The van der Waals surface area contributed by atoms with Crippen molar-refractivity contribution >= 4 is 15.9 Å². The SMILES string of the molecule is [2H]c1c([2H])c(Br)c([2H])c(F)c1F. The normalized spacial score (nSPS) is 14.3. The highest BCUT2D eigenvalue weighted by atomic mass is 79.9. The van der Waals surface area contributed by atoms with Gasteiger partial charge in [-0.3, -0.25) is 0 Å². The first-order valence-corrected chi connectivity index (χ1v) is 2.86. The quantitative estimate of drug-likeness (QED) is 0.559. The summed E-state index contributed by atoms with van der Waals surface area (Å²) in [6.45, 7) is 0. The molecule has 9 heavy (non-hydrogen) atoms. The van der Waals surface area contributed by atoms with Crippen LogP contribution < -0.4 is 0 Å². The monoisotopic (exact) mass is 195 g/mol. The maximum atomic E-state index is 12.6. The van der Waals surface area contributed by atoms with Gasteiger partial charge < -0.3 is 0 Å². The van der Waals surface area contributed by atoms with Crippen molar-refractivity contribution in [1.82, 2.24) is 0 Å². The van der Waals surface area contributed by atoms with E-state index in [4.69, 9.17) is 4.11 Å². The van der Waals surface area contributed by atoms with Gasteiger partial charge in [-0.05, 0) is 18.1 Å². The summed E-state index contributed by atoms with van der Waals surface area (Å²) in [4.78, 5) is 0. The number of halogens is 3. The molecule has 0 saturated carbocycles. The number of rotatable bonds is 0. The van der Waals surface area contributed by atoms with Crippen LogP contribution in [-0.2, 0) is 0 Å². The third-order valence-electron chi connectivity index (χ3n) is 0.694. The Bertz CT molecular complexity index is 235. The first-order valence-electron chi connectivity index (χ1n) is 3.57. The Balaban J connectivity index is 3.60. The minimum atomic E-state index is -1.45. The molecular weight excluding hydrogens is 190 g/mol. The van der Waals surface area contributed by atoms with Crippen LogP contribution in [0.25, 0.3) is 0 Å². The average molecular weight is 196 g/mol. The number of hydrogen-bond donors (Lipinski definition) is 0. The van der Waals surface area contributed by atoms with Crippen molar-refractivity contribution in [2.45, 2.75) is 0 Å². The third kappa shape index (κ3) is 1.48. The van der Waals surface area contributed by atoms with Crippen LogP contribution in [-0.4, -0.2) is 0 Å². The molecule has 1 aromatic carbocycles. The van der Waals surface area contributed by atoms with Crippen LogP contribution in [0.15, 0.2) is 22.6 Å². The van der Waals surface area contributed by atoms with Gasteiger partial charge in [0.1, 0.15) is 0 Å². The minimum Gasteiger partial charge on any atom is -0.204 e. The van der Waals surface area contributed by atoms with Crippen molar-refractivity contribution in [3.05, 3.63) is 34.2 Å². The van der Waals surface area contributed by atoms with Gasteiger partial charge in [-0.15, -0.1) is 0 Å². The molecule has 0 aliphatic heterocycles. The second-order valence-corrected chi connectivity index (χ2v) is 2.11. The van der Waals surface area contributed by atoms with E-state index in [2.05, 4.69) is 15.9 Å². The molecule has 1 rings (SSSR count). The summed E-state index contributed by atoms with van der Waals surface area (Å²) in [5, 5.41) is 0. The van der Waals surface area contributed by atoms with Crippen LogP contribution in [0.4, 0.5) is 8.78 Å². The van der Waals surface area contributed by atoms with Gasteiger partial charge in [-0.1, -0.05) is 15.9 Å². The van der Waals surface area contributed by atoms with Gasteiger partial charge in [0.2, 0.25) is 0 Å². The molecule has 0 nitrogen and oxygen atoms in total. The van der Waals surface area contributed by atoms with Gasteiger partial charge in [-0.25, -0.2) is 8.78 Å². The molecular formula is C6H3BrF2. The second kappa shape index (κ2) is 2.43. The molecule has 0 aliphatic carbocycles. The molecule has 48 valence electrons. The van der Waals surface area contributed by atoms with Gasteiger partial charge in [-0.2, -0.15) is 0 Å². The fourth-order valence-corrected chi connectivity index (χ4v) is 0.620. The summed E-state index contributed by atoms with van der Waals surface area (Å²) in [6.07, 6.45) is 0. The summed E-state index contributed by atoms with van der Waals surface area (Å²) >= 11 is 2.71. The molecule has 0 aliphatic rings. The zero-order chi connectivity index (χ0) is 9.46. The van der Waals surface area contributed by atoms with Crippen LogP contribution >= 0.6 is 15.9 Å². The largest absolute Gasteiger partial charge is 0.204 e. The lowest BCUT2D eigenvalue weighted by molar-refractivity contribution is 0.508. The smallest absolute Gasteiger partial charge is 0.159 e. The Labute approximate surface area is 63.8 Å². The van der Waals surface area contributed by atoms with Gasteiger partial charge in [0.05, 0.1) is 4.11 Å². The summed E-state index contributed by atoms with van der Waals surface area (Å²) in [7, 11) is 0. The van der Waals surface area contributed by atoms with Crippen LogP contribution in [0, 0.1) is 11.6 Å². The maximum Gasteiger partial charge on any atom is 0.159 e. The lowest BCUT2D eigenvalue weighted by atomic mass is 10.3. The summed E-state index contributed by atoms with van der Waals surface area (Å²) in [5.74, 6) is -2.85. The van der Waals surface area contributed by atoms with Crippen LogP contribution in [0.5, 0.6) is 0 Å². The third-order valence-corrected chi connectivity index (χ3v) is 1.09. The van der Waals surface area contributed by atoms with Crippen LogP contribution in [0.3, 0.4) is 0 Å². The molecule has 0 bridgehead atoms. The Morgan fingerprint density at radius 3 is 2.67 bits per heavy atom. The Morgan fingerprint density at radius 1 is 1.33 bits per heavy atom. The average Bonchev–Trinajstić information content (AvgIpc) is 2.08. The number of benzene rings is 1. The van der Waals surface area contributed by atoms with E-state index in [1.54, 1.807) is 0 Å². The Hall–Kier alpha value is -0.440. The first-order chi connectivity index (χ1) is 5.46. The van der Waals surface area contributed by atoms with Crippen molar-refractivity contribution in [2.24, 2.45) is 0 Å². The van der Waals surface area contributed by atoms with Crippen molar-refractivity contribution in [3.63, 3.8) is 0 Å². The minimum absolute atomic E-state index is 0.202.